The van der Waals surface area contributed by atoms with Crippen LogP contribution in [0.4, 0.5) is 0 Å². The van der Waals surface area contributed by atoms with Gasteiger partial charge in [-0.05, 0) is 65.9 Å². The maximum absolute atomic E-state index is 13.2. The average molecular weight is 452 g/mol. The van der Waals surface area contributed by atoms with Crippen molar-refractivity contribution in [1.29, 1.82) is 0 Å². The maximum atomic E-state index is 13.2. The van der Waals surface area contributed by atoms with Crippen LogP contribution >= 0.6 is 0 Å². The number of para-hydroxylation sites is 2. The standard InChI is InChI=1S/C29H25NO4/c1-32-22-14-11-20(12-15-22)19-21-13-16-25-27(24-9-5-6-10-26(24)30-28(21)25)29(31)34-18-17-33-23-7-3-2-4-8-23/h2-12,14-15,19H,13,16-18H2,1H3. The molecule has 1 aromatic heterocycles. The van der Waals surface area contributed by atoms with Crippen LogP contribution in [0, 0.1) is 0 Å². The summed E-state index contributed by atoms with van der Waals surface area (Å²) in [6.45, 7) is 0.470. The van der Waals surface area contributed by atoms with E-state index in [1.54, 1.807) is 7.11 Å². The van der Waals surface area contributed by atoms with Crippen molar-refractivity contribution >= 4 is 28.5 Å². The number of methoxy groups -OCH3 is 1. The molecule has 5 rings (SSSR count). The summed E-state index contributed by atoms with van der Waals surface area (Å²) in [4.78, 5) is 18.1. The summed E-state index contributed by atoms with van der Waals surface area (Å²) in [5.41, 5.74) is 5.41. The molecule has 0 saturated heterocycles. The van der Waals surface area contributed by atoms with E-state index in [0.717, 1.165) is 57.6 Å². The Balaban J connectivity index is 1.41. The number of ether oxygens (including phenoxy) is 3. The number of allylic oxidation sites excluding steroid dienone is 1. The third kappa shape index (κ3) is 4.50. The monoisotopic (exact) mass is 451 g/mol. The lowest BCUT2D eigenvalue weighted by Crippen LogP contribution is -2.15. The molecule has 34 heavy (non-hydrogen) atoms. The average Bonchev–Trinajstić information content (AvgIpc) is 3.28. The first-order chi connectivity index (χ1) is 16.7. The molecule has 5 heteroatoms. The Bertz CT molecular complexity index is 1340. The first-order valence-electron chi connectivity index (χ1n) is 11.3. The fourth-order valence-electron chi connectivity index (χ4n) is 4.30. The Morgan fingerprint density at radius 2 is 1.65 bits per heavy atom. The van der Waals surface area contributed by atoms with E-state index in [2.05, 4.69) is 6.08 Å². The van der Waals surface area contributed by atoms with Gasteiger partial charge < -0.3 is 14.2 Å². The third-order valence-electron chi connectivity index (χ3n) is 5.93. The van der Waals surface area contributed by atoms with E-state index in [1.165, 1.54) is 0 Å². The highest BCUT2D eigenvalue weighted by Gasteiger charge is 2.27. The summed E-state index contributed by atoms with van der Waals surface area (Å²) in [5, 5.41) is 0.820. The molecule has 0 N–H and O–H groups in total. The summed E-state index contributed by atoms with van der Waals surface area (Å²) in [7, 11) is 1.66. The number of esters is 1. The van der Waals surface area contributed by atoms with Crippen molar-refractivity contribution in [3.63, 3.8) is 0 Å². The molecule has 1 aliphatic carbocycles. The highest BCUT2D eigenvalue weighted by molar-refractivity contribution is 6.07. The molecule has 0 spiro atoms. The summed E-state index contributed by atoms with van der Waals surface area (Å²) >= 11 is 0. The number of benzene rings is 3. The second-order valence-corrected chi connectivity index (χ2v) is 8.07. The highest BCUT2D eigenvalue weighted by atomic mass is 16.6. The van der Waals surface area contributed by atoms with Gasteiger partial charge in [-0.15, -0.1) is 0 Å². The van der Waals surface area contributed by atoms with Gasteiger partial charge in [-0.25, -0.2) is 9.78 Å². The molecule has 0 saturated carbocycles. The fraction of sp³-hybridized carbons (Fsp3) is 0.172. The van der Waals surface area contributed by atoms with Crippen molar-refractivity contribution in [2.75, 3.05) is 20.3 Å². The Morgan fingerprint density at radius 3 is 2.44 bits per heavy atom. The van der Waals surface area contributed by atoms with E-state index in [9.17, 15) is 4.79 Å². The Hall–Kier alpha value is -4.12. The summed E-state index contributed by atoms with van der Waals surface area (Å²) in [5.74, 6) is 1.23. The van der Waals surface area contributed by atoms with E-state index in [0.29, 0.717) is 12.2 Å². The van der Waals surface area contributed by atoms with Crippen LogP contribution in [0.15, 0.2) is 78.9 Å². The molecule has 0 radical (unpaired) electrons. The lowest BCUT2D eigenvalue weighted by atomic mass is 10.0. The quantitative estimate of drug-likeness (QED) is 0.256. The number of pyridine rings is 1. The predicted molar refractivity (Wildman–Crippen MR) is 133 cm³/mol. The largest absolute Gasteiger partial charge is 0.497 e. The van der Waals surface area contributed by atoms with Crippen LogP contribution in [0.2, 0.25) is 0 Å². The molecule has 3 aromatic carbocycles. The Kier molecular flexibility index (Phi) is 6.25. The predicted octanol–water partition coefficient (Wildman–Crippen LogP) is 5.97. The lowest BCUT2D eigenvalue weighted by Gasteiger charge is -2.13. The van der Waals surface area contributed by atoms with Crippen LogP contribution in [-0.4, -0.2) is 31.3 Å². The second kappa shape index (κ2) is 9.79. The summed E-state index contributed by atoms with van der Waals surface area (Å²) in [6, 6.07) is 25.2. The minimum Gasteiger partial charge on any atom is -0.497 e. The fourth-order valence-corrected chi connectivity index (χ4v) is 4.30. The van der Waals surface area contributed by atoms with Crippen LogP contribution in [0.3, 0.4) is 0 Å². The highest BCUT2D eigenvalue weighted by Crippen LogP contribution is 2.38. The van der Waals surface area contributed by atoms with Gasteiger partial charge in [0.2, 0.25) is 0 Å². The molecule has 1 aliphatic rings. The molecule has 170 valence electrons. The van der Waals surface area contributed by atoms with Gasteiger partial charge in [0.1, 0.15) is 24.7 Å². The van der Waals surface area contributed by atoms with Gasteiger partial charge in [0.05, 0.1) is 23.9 Å². The smallest absolute Gasteiger partial charge is 0.339 e. The number of aromatic nitrogens is 1. The van der Waals surface area contributed by atoms with Crippen LogP contribution in [0.25, 0.3) is 22.6 Å². The molecule has 5 nitrogen and oxygen atoms in total. The minimum atomic E-state index is -0.336. The zero-order chi connectivity index (χ0) is 23.3. The third-order valence-corrected chi connectivity index (χ3v) is 5.93. The number of hydrogen-bond acceptors (Lipinski definition) is 5. The van der Waals surface area contributed by atoms with Gasteiger partial charge in [-0.2, -0.15) is 0 Å². The molecule has 0 bridgehead atoms. The topological polar surface area (TPSA) is 57.7 Å². The molecular formula is C29H25NO4. The van der Waals surface area contributed by atoms with Crippen molar-refractivity contribution in [3.8, 4) is 11.5 Å². The van der Waals surface area contributed by atoms with Crippen molar-refractivity contribution in [2.45, 2.75) is 12.8 Å². The molecule has 0 fully saturated rings. The maximum Gasteiger partial charge on any atom is 0.339 e. The van der Waals surface area contributed by atoms with Gasteiger partial charge in [0.25, 0.3) is 0 Å². The number of carbonyl (C=O) groups is 1. The van der Waals surface area contributed by atoms with E-state index in [4.69, 9.17) is 19.2 Å². The van der Waals surface area contributed by atoms with Gasteiger partial charge >= 0.3 is 5.97 Å². The van der Waals surface area contributed by atoms with Gasteiger partial charge in [0.15, 0.2) is 0 Å². The van der Waals surface area contributed by atoms with Crippen LogP contribution in [-0.2, 0) is 11.2 Å². The first kappa shape index (κ1) is 21.7. The molecule has 0 amide bonds. The van der Waals surface area contributed by atoms with E-state index in [1.807, 2.05) is 78.9 Å². The number of carbonyl (C=O) groups excluding carboxylic acids is 1. The zero-order valence-electron chi connectivity index (χ0n) is 19.0. The molecular weight excluding hydrogens is 426 g/mol. The number of hydrogen-bond donors (Lipinski definition) is 0. The van der Waals surface area contributed by atoms with Crippen molar-refractivity contribution < 1.29 is 19.0 Å². The SMILES string of the molecule is COc1ccc(C=C2CCc3c2nc2ccccc2c3C(=O)OCCOc2ccccc2)cc1. The van der Waals surface area contributed by atoms with E-state index in [-0.39, 0.29) is 12.6 Å². The van der Waals surface area contributed by atoms with Gasteiger partial charge in [-0.1, -0.05) is 48.5 Å². The van der Waals surface area contributed by atoms with Crippen molar-refractivity contribution in [2.24, 2.45) is 0 Å². The van der Waals surface area contributed by atoms with Crippen LogP contribution < -0.4 is 9.47 Å². The van der Waals surface area contributed by atoms with Crippen molar-refractivity contribution in [1.82, 2.24) is 4.98 Å². The van der Waals surface area contributed by atoms with Gasteiger partial charge in [-0.3, -0.25) is 0 Å². The summed E-state index contributed by atoms with van der Waals surface area (Å²) < 4.78 is 16.6. The van der Waals surface area contributed by atoms with E-state index < -0.39 is 0 Å². The molecule has 0 aliphatic heterocycles. The molecule has 0 unspecified atom stereocenters. The zero-order valence-corrected chi connectivity index (χ0v) is 19.0. The summed E-state index contributed by atoms with van der Waals surface area (Å²) in [6.07, 6.45) is 3.71. The number of rotatable bonds is 7. The van der Waals surface area contributed by atoms with Crippen molar-refractivity contribution in [3.05, 3.63) is 101 Å². The molecule has 4 aromatic rings. The Morgan fingerprint density at radius 1 is 0.882 bits per heavy atom. The number of fused-ring (bicyclic) bond motifs is 2. The second-order valence-electron chi connectivity index (χ2n) is 8.07. The molecule has 1 heterocycles. The van der Waals surface area contributed by atoms with Crippen LogP contribution in [0.1, 0.15) is 33.6 Å². The first-order valence-corrected chi connectivity index (χ1v) is 11.3. The minimum absolute atomic E-state index is 0.174. The molecule has 0 atom stereocenters. The van der Waals surface area contributed by atoms with Crippen LogP contribution in [0.5, 0.6) is 11.5 Å². The van der Waals surface area contributed by atoms with Gasteiger partial charge in [0, 0.05) is 5.39 Å². The number of nitrogens with zero attached hydrogens (tertiary/aromatic N) is 1. The normalized spacial score (nSPS) is 13.6. The lowest BCUT2D eigenvalue weighted by molar-refractivity contribution is 0.0451. The Labute approximate surface area is 198 Å². The van der Waals surface area contributed by atoms with E-state index >= 15 is 0 Å².